The molecule has 10 aromatic carbocycles. The zero-order valence-electron chi connectivity index (χ0n) is 41.3. The second-order valence-corrected chi connectivity index (χ2v) is 23.1. The Balaban J connectivity index is 0.936. The fraction of sp³-hybridized carbons (Fsp3) is 0.176. The largest absolute Gasteiger partial charge is 0.371 e. The lowest BCUT2D eigenvalue weighted by atomic mass is 9.77. The Morgan fingerprint density at radius 2 is 0.662 bits per heavy atom. The van der Waals surface area contributed by atoms with Crippen LogP contribution >= 0.6 is 22.7 Å². The van der Waals surface area contributed by atoms with Crippen molar-refractivity contribution in [3.63, 3.8) is 0 Å². The van der Waals surface area contributed by atoms with Crippen LogP contribution in [0.3, 0.4) is 0 Å². The number of nitrogens with zero attached hydrogens (tertiary/aromatic N) is 4. The number of hydrogen-bond donors (Lipinski definition) is 0. The number of benzene rings is 10. The van der Waals surface area contributed by atoms with E-state index in [1.165, 1.54) is 194 Å². The number of aromatic nitrogens is 2. The van der Waals surface area contributed by atoms with Gasteiger partial charge >= 0.3 is 0 Å². The molecule has 0 spiro atoms. The van der Waals surface area contributed by atoms with Crippen LogP contribution in [0.5, 0.6) is 0 Å². The van der Waals surface area contributed by atoms with Crippen LogP contribution in [-0.2, 0) is 25.7 Å². The first-order chi connectivity index (χ1) is 36.7. The Morgan fingerprint density at radius 1 is 0.338 bits per heavy atom. The van der Waals surface area contributed by atoms with Gasteiger partial charge in [-0.25, -0.2) is 9.97 Å². The number of anilines is 2. The summed E-state index contributed by atoms with van der Waals surface area (Å²) in [7, 11) is 0. The van der Waals surface area contributed by atoms with Crippen LogP contribution < -0.4 is 9.80 Å². The molecular formula is C68H52N4S2. The van der Waals surface area contributed by atoms with Crippen molar-refractivity contribution in [2.24, 2.45) is 0 Å². The van der Waals surface area contributed by atoms with Gasteiger partial charge in [-0.1, -0.05) is 158 Å². The van der Waals surface area contributed by atoms with E-state index in [9.17, 15) is 0 Å². The molecule has 0 unspecified atom stereocenters. The Kier molecular flexibility index (Phi) is 9.81. The fourth-order valence-electron chi connectivity index (χ4n) is 13.8. The molecule has 6 heterocycles. The van der Waals surface area contributed by atoms with Crippen molar-refractivity contribution in [2.45, 2.75) is 51.4 Å². The van der Waals surface area contributed by atoms with Crippen molar-refractivity contribution in [3.8, 4) is 65.6 Å². The third-order valence-corrected chi connectivity index (χ3v) is 19.3. The van der Waals surface area contributed by atoms with Crippen molar-refractivity contribution in [2.75, 3.05) is 36.0 Å². The summed E-state index contributed by atoms with van der Waals surface area (Å²) < 4.78 is 2.75. The average Bonchev–Trinajstić information content (AvgIpc) is 4.10. The summed E-state index contributed by atoms with van der Waals surface area (Å²) in [6, 6.07) is 64.2. The maximum atomic E-state index is 5.39. The van der Waals surface area contributed by atoms with Gasteiger partial charge < -0.3 is 9.80 Å². The summed E-state index contributed by atoms with van der Waals surface area (Å²) in [6.07, 6.45) is 9.49. The van der Waals surface area contributed by atoms with Crippen LogP contribution in [0.1, 0.15) is 47.9 Å². The molecule has 4 aliphatic heterocycles. The SMILES string of the molecule is c1ccc(-c2c3ccccc3c(-c3ccccc3)c3c(-c4ccc(-c5nc6cc7c8c(c6s5)CCCN8CCC7)cc4)c4ccccc4c(-c4ccc(-c5nc6cc7c8c(c6s5)CCCN8CCC7)cc4)c23)cc1. The highest BCUT2D eigenvalue weighted by atomic mass is 32.1. The monoisotopic (exact) mass is 988 g/mol. The van der Waals surface area contributed by atoms with Crippen molar-refractivity contribution >= 4 is 86.8 Å². The summed E-state index contributed by atoms with van der Waals surface area (Å²) in [6.45, 7) is 4.71. The predicted molar refractivity (Wildman–Crippen MR) is 316 cm³/mol. The topological polar surface area (TPSA) is 32.3 Å². The van der Waals surface area contributed by atoms with Crippen molar-refractivity contribution in [1.82, 2.24) is 9.97 Å². The molecule has 4 nitrogen and oxygen atoms in total. The zero-order chi connectivity index (χ0) is 48.4. The first-order valence-corrected chi connectivity index (χ1v) is 28.5. The minimum atomic E-state index is 1.10. The van der Waals surface area contributed by atoms with Crippen LogP contribution in [0, 0.1) is 0 Å². The molecule has 0 radical (unpaired) electrons. The second-order valence-electron chi connectivity index (χ2n) is 21.1. The van der Waals surface area contributed by atoms with Crippen LogP contribution in [-0.4, -0.2) is 36.1 Å². The highest BCUT2D eigenvalue weighted by Crippen LogP contribution is 2.54. The molecular weight excluding hydrogens is 937 g/mol. The molecule has 0 aliphatic carbocycles. The van der Waals surface area contributed by atoms with Crippen molar-refractivity contribution in [3.05, 3.63) is 192 Å². The van der Waals surface area contributed by atoms with Crippen molar-refractivity contribution in [1.29, 1.82) is 0 Å². The quantitative estimate of drug-likeness (QED) is 0.155. The highest BCUT2D eigenvalue weighted by Gasteiger charge is 2.30. The van der Waals surface area contributed by atoms with Gasteiger partial charge in [-0.15, -0.1) is 22.7 Å². The third kappa shape index (κ3) is 6.57. The lowest BCUT2D eigenvalue weighted by Crippen LogP contribution is -2.34. The maximum Gasteiger partial charge on any atom is 0.124 e. The molecule has 74 heavy (non-hydrogen) atoms. The van der Waals surface area contributed by atoms with Gasteiger partial charge in [0.15, 0.2) is 0 Å². The molecule has 16 rings (SSSR count). The number of hydrogen-bond acceptors (Lipinski definition) is 6. The lowest BCUT2D eigenvalue weighted by molar-refractivity contribution is 0.637. The van der Waals surface area contributed by atoms with Gasteiger partial charge in [-0.05, 0) is 163 Å². The van der Waals surface area contributed by atoms with Gasteiger partial charge in [-0.2, -0.15) is 0 Å². The Labute approximate surface area is 439 Å². The summed E-state index contributed by atoms with van der Waals surface area (Å²) in [4.78, 5) is 16.1. The third-order valence-electron chi connectivity index (χ3n) is 16.9. The van der Waals surface area contributed by atoms with Gasteiger partial charge in [0.1, 0.15) is 10.0 Å². The van der Waals surface area contributed by atoms with Gasteiger partial charge in [0, 0.05) is 48.7 Å². The van der Waals surface area contributed by atoms with Crippen LogP contribution in [0.2, 0.25) is 0 Å². The molecule has 0 bridgehead atoms. The first kappa shape index (κ1) is 42.8. The lowest BCUT2D eigenvalue weighted by Gasteiger charge is -2.36. The summed E-state index contributed by atoms with van der Waals surface area (Å²) in [5.41, 5.74) is 23.6. The van der Waals surface area contributed by atoms with Gasteiger partial charge in [0.25, 0.3) is 0 Å². The van der Waals surface area contributed by atoms with E-state index in [1.807, 2.05) is 22.7 Å². The van der Waals surface area contributed by atoms with Gasteiger partial charge in [0.05, 0.1) is 20.4 Å². The number of fused-ring (bicyclic) bond motifs is 7. The molecule has 4 aliphatic rings. The highest BCUT2D eigenvalue weighted by molar-refractivity contribution is 7.22. The Bertz CT molecular complexity index is 3970. The molecule has 0 fully saturated rings. The van der Waals surface area contributed by atoms with E-state index in [-0.39, 0.29) is 0 Å². The molecule has 2 aromatic heterocycles. The minimum absolute atomic E-state index is 1.10. The van der Waals surface area contributed by atoms with E-state index >= 15 is 0 Å². The molecule has 356 valence electrons. The standard InChI is InChI=1S/C68H52N4S2/c1-3-15-41(16-4-1)57-49-21-7-8-22-50(49)58(42-17-5-2-6-18-42)62-60(44-29-33-46(34-30-44)68-70-56-40-48-20-12-36-72-38-14-26-54(64(48)72)66(56)74-68)52-24-10-9-23-51(52)59(61(57)62)43-27-31-45(32-28-43)67-69-55-39-47-19-11-35-71-37-13-25-53(63(47)71)65(55)73-67/h1-10,15-18,21-24,27-34,39-40H,11-14,19-20,25-26,35-38H2. The Hall–Kier alpha value is -7.64. The minimum Gasteiger partial charge on any atom is -0.371 e. The molecule has 0 N–H and O–H groups in total. The van der Waals surface area contributed by atoms with E-state index in [0.29, 0.717) is 0 Å². The van der Waals surface area contributed by atoms with Crippen LogP contribution in [0.15, 0.2) is 170 Å². The van der Waals surface area contributed by atoms with Crippen LogP contribution in [0.4, 0.5) is 11.4 Å². The molecule has 0 amide bonds. The summed E-state index contributed by atoms with van der Waals surface area (Å²) in [5, 5.41) is 9.72. The zero-order valence-corrected chi connectivity index (χ0v) is 42.9. The molecule has 0 atom stereocenters. The van der Waals surface area contributed by atoms with E-state index in [1.54, 1.807) is 0 Å². The molecule has 6 heteroatoms. The predicted octanol–water partition coefficient (Wildman–Crippen LogP) is 17.8. The van der Waals surface area contributed by atoms with E-state index in [2.05, 4.69) is 180 Å². The van der Waals surface area contributed by atoms with Gasteiger partial charge in [-0.3, -0.25) is 0 Å². The molecule has 0 saturated heterocycles. The number of rotatable bonds is 6. The number of aryl methyl sites for hydroxylation is 4. The van der Waals surface area contributed by atoms with Gasteiger partial charge in [0.2, 0.25) is 0 Å². The number of thiazole rings is 2. The Morgan fingerprint density at radius 3 is 1.04 bits per heavy atom. The molecule has 12 aromatic rings. The maximum absolute atomic E-state index is 5.39. The fourth-order valence-corrected chi connectivity index (χ4v) is 16.1. The normalized spacial score (nSPS) is 15.1. The van der Waals surface area contributed by atoms with E-state index in [0.717, 1.165) is 35.7 Å². The average molecular weight is 989 g/mol. The second kappa shape index (κ2) is 17.0. The van der Waals surface area contributed by atoms with E-state index in [4.69, 9.17) is 9.97 Å². The smallest absolute Gasteiger partial charge is 0.124 e. The summed E-state index contributed by atoms with van der Waals surface area (Å²) >= 11 is 3.77. The summed E-state index contributed by atoms with van der Waals surface area (Å²) in [5.74, 6) is 0. The van der Waals surface area contributed by atoms with Crippen LogP contribution in [0.25, 0.3) is 118 Å². The van der Waals surface area contributed by atoms with E-state index < -0.39 is 0 Å². The first-order valence-electron chi connectivity index (χ1n) is 26.9. The molecule has 0 saturated carbocycles. The van der Waals surface area contributed by atoms with Crippen molar-refractivity contribution < 1.29 is 0 Å².